The summed E-state index contributed by atoms with van der Waals surface area (Å²) in [5.74, 6) is 0.432. The van der Waals surface area contributed by atoms with Crippen LogP contribution in [0.5, 0.6) is 0 Å². The molecule has 0 spiro atoms. The first-order chi connectivity index (χ1) is 9.05. The summed E-state index contributed by atoms with van der Waals surface area (Å²) in [4.78, 5) is 0. The van der Waals surface area contributed by atoms with Crippen LogP contribution in [0.1, 0.15) is 50.3 Å². The van der Waals surface area contributed by atoms with Crippen LogP contribution in [0.2, 0.25) is 0 Å². The lowest BCUT2D eigenvalue weighted by molar-refractivity contribution is -0.137. The SMILES string of the molecule is CC(C)(C)c1cc(C[C@H]2C[C@H](N)C2)cc(C(F)(F)F)c1. The summed E-state index contributed by atoms with van der Waals surface area (Å²) in [6.07, 6.45) is -1.76. The number of nitrogens with two attached hydrogens (primary N) is 1. The highest BCUT2D eigenvalue weighted by Crippen LogP contribution is 2.36. The Morgan fingerprint density at radius 3 is 2.05 bits per heavy atom. The minimum atomic E-state index is -4.29. The van der Waals surface area contributed by atoms with Gasteiger partial charge in [-0.15, -0.1) is 0 Å². The summed E-state index contributed by atoms with van der Waals surface area (Å²) >= 11 is 0. The van der Waals surface area contributed by atoms with E-state index in [1.807, 2.05) is 26.8 Å². The first-order valence-electron chi connectivity index (χ1n) is 7.03. The van der Waals surface area contributed by atoms with E-state index >= 15 is 0 Å². The van der Waals surface area contributed by atoms with Crippen LogP contribution in [0.25, 0.3) is 0 Å². The average Bonchev–Trinajstić information content (AvgIpc) is 2.24. The van der Waals surface area contributed by atoms with E-state index in [2.05, 4.69) is 0 Å². The molecule has 1 aromatic rings. The monoisotopic (exact) mass is 285 g/mol. The van der Waals surface area contributed by atoms with E-state index in [0.29, 0.717) is 12.3 Å². The van der Waals surface area contributed by atoms with Crippen molar-refractivity contribution in [3.05, 3.63) is 34.9 Å². The number of hydrogen-bond acceptors (Lipinski definition) is 1. The fourth-order valence-corrected chi connectivity index (χ4v) is 2.69. The van der Waals surface area contributed by atoms with Crippen molar-refractivity contribution in [2.45, 2.75) is 57.7 Å². The van der Waals surface area contributed by atoms with Gasteiger partial charge in [0.25, 0.3) is 0 Å². The van der Waals surface area contributed by atoms with Gasteiger partial charge in [0.15, 0.2) is 0 Å². The van der Waals surface area contributed by atoms with Gasteiger partial charge in [-0.2, -0.15) is 13.2 Å². The van der Waals surface area contributed by atoms with Crippen LogP contribution in [-0.2, 0) is 18.0 Å². The largest absolute Gasteiger partial charge is 0.416 e. The molecule has 1 aliphatic carbocycles. The van der Waals surface area contributed by atoms with Crippen LogP contribution < -0.4 is 5.73 Å². The number of hydrogen-bond donors (Lipinski definition) is 1. The Morgan fingerprint density at radius 1 is 1.05 bits per heavy atom. The topological polar surface area (TPSA) is 26.0 Å². The smallest absolute Gasteiger partial charge is 0.328 e. The van der Waals surface area contributed by atoms with Crippen molar-refractivity contribution in [2.24, 2.45) is 11.7 Å². The second-order valence-electron chi connectivity index (χ2n) is 6.97. The van der Waals surface area contributed by atoms with Gasteiger partial charge in [-0.1, -0.05) is 26.8 Å². The normalized spacial score (nSPS) is 23.6. The molecule has 1 saturated carbocycles. The van der Waals surface area contributed by atoms with Crippen molar-refractivity contribution >= 4 is 0 Å². The molecule has 0 bridgehead atoms. The maximum Gasteiger partial charge on any atom is 0.416 e. The highest BCUT2D eigenvalue weighted by atomic mass is 19.4. The zero-order valence-corrected chi connectivity index (χ0v) is 12.2. The molecule has 2 N–H and O–H groups in total. The molecular weight excluding hydrogens is 263 g/mol. The zero-order chi connectivity index (χ0) is 15.1. The van der Waals surface area contributed by atoms with Gasteiger partial charge in [0.1, 0.15) is 0 Å². The van der Waals surface area contributed by atoms with Crippen molar-refractivity contribution in [3.63, 3.8) is 0 Å². The second-order valence-corrected chi connectivity index (χ2v) is 6.97. The van der Waals surface area contributed by atoms with Crippen molar-refractivity contribution in [1.29, 1.82) is 0 Å². The molecule has 1 nitrogen and oxygen atoms in total. The predicted molar refractivity (Wildman–Crippen MR) is 74.5 cm³/mol. The Morgan fingerprint density at radius 2 is 1.60 bits per heavy atom. The first-order valence-corrected chi connectivity index (χ1v) is 7.03. The van der Waals surface area contributed by atoms with Gasteiger partial charge < -0.3 is 5.73 Å². The molecule has 0 saturated heterocycles. The molecule has 112 valence electrons. The number of benzene rings is 1. The average molecular weight is 285 g/mol. The number of rotatable bonds is 2. The molecule has 0 radical (unpaired) electrons. The summed E-state index contributed by atoms with van der Waals surface area (Å²) in [5.41, 5.74) is 6.44. The van der Waals surface area contributed by atoms with E-state index in [1.165, 1.54) is 12.1 Å². The maximum atomic E-state index is 13.0. The summed E-state index contributed by atoms with van der Waals surface area (Å²) in [6, 6.07) is 4.71. The standard InChI is InChI=1S/C16H22F3N/c1-15(2,3)12-5-10(4-11-7-14(20)8-11)6-13(9-12)16(17,18)19/h5-6,9,11,14H,4,7-8,20H2,1-3H3/t11-,14-. The zero-order valence-electron chi connectivity index (χ0n) is 12.2. The lowest BCUT2D eigenvalue weighted by atomic mass is 9.76. The highest BCUT2D eigenvalue weighted by Gasteiger charge is 2.33. The Bertz CT molecular complexity index is 447. The molecule has 1 fully saturated rings. The summed E-state index contributed by atoms with van der Waals surface area (Å²) in [5, 5.41) is 0. The van der Waals surface area contributed by atoms with Crippen LogP contribution in [0.3, 0.4) is 0 Å². The van der Waals surface area contributed by atoms with Crippen LogP contribution in [0.4, 0.5) is 13.2 Å². The molecule has 0 heterocycles. The van der Waals surface area contributed by atoms with Gasteiger partial charge >= 0.3 is 6.18 Å². The molecule has 0 unspecified atom stereocenters. The Kier molecular flexibility index (Phi) is 3.89. The van der Waals surface area contributed by atoms with Crippen LogP contribution in [-0.4, -0.2) is 6.04 Å². The van der Waals surface area contributed by atoms with E-state index in [-0.39, 0.29) is 11.5 Å². The van der Waals surface area contributed by atoms with E-state index in [0.717, 1.165) is 24.0 Å². The van der Waals surface area contributed by atoms with Crippen molar-refractivity contribution < 1.29 is 13.2 Å². The van der Waals surface area contributed by atoms with Gasteiger partial charge in [-0.3, -0.25) is 0 Å². The highest BCUT2D eigenvalue weighted by molar-refractivity contribution is 5.36. The van der Waals surface area contributed by atoms with Crippen LogP contribution in [0, 0.1) is 5.92 Å². The number of halogens is 3. The molecule has 4 heteroatoms. The third-order valence-electron chi connectivity index (χ3n) is 3.98. The molecule has 0 aliphatic heterocycles. The van der Waals surface area contributed by atoms with Gasteiger partial charge in [-0.05, 0) is 53.9 Å². The summed E-state index contributed by atoms with van der Waals surface area (Å²) in [7, 11) is 0. The van der Waals surface area contributed by atoms with Crippen LogP contribution in [0.15, 0.2) is 18.2 Å². The fourth-order valence-electron chi connectivity index (χ4n) is 2.69. The Hall–Kier alpha value is -1.03. The van der Waals surface area contributed by atoms with Crippen molar-refractivity contribution in [1.82, 2.24) is 0 Å². The minimum Gasteiger partial charge on any atom is -0.328 e. The maximum absolute atomic E-state index is 13.0. The van der Waals surface area contributed by atoms with E-state index in [1.54, 1.807) is 0 Å². The molecule has 20 heavy (non-hydrogen) atoms. The third-order valence-corrected chi connectivity index (χ3v) is 3.98. The van der Waals surface area contributed by atoms with Crippen LogP contribution >= 0.6 is 0 Å². The lowest BCUT2D eigenvalue weighted by Gasteiger charge is -2.33. The second kappa shape index (κ2) is 5.06. The van der Waals surface area contributed by atoms with E-state index in [9.17, 15) is 13.2 Å². The van der Waals surface area contributed by atoms with Gasteiger partial charge in [0.2, 0.25) is 0 Å². The summed E-state index contributed by atoms with van der Waals surface area (Å²) in [6.45, 7) is 5.81. The Labute approximate surface area is 118 Å². The molecule has 1 aliphatic rings. The first kappa shape index (κ1) is 15.4. The van der Waals surface area contributed by atoms with Crippen molar-refractivity contribution in [2.75, 3.05) is 0 Å². The fraction of sp³-hybridized carbons (Fsp3) is 0.625. The van der Waals surface area contributed by atoms with Gasteiger partial charge in [-0.25, -0.2) is 0 Å². The van der Waals surface area contributed by atoms with E-state index in [4.69, 9.17) is 5.73 Å². The summed E-state index contributed by atoms with van der Waals surface area (Å²) < 4.78 is 39.0. The predicted octanol–water partition coefficient (Wildman–Crippen LogP) is 4.28. The van der Waals surface area contributed by atoms with E-state index < -0.39 is 11.7 Å². The molecule has 0 aromatic heterocycles. The molecule has 1 aromatic carbocycles. The molecule has 0 amide bonds. The minimum absolute atomic E-state index is 0.230. The molecular formula is C16H22F3N. The molecule has 2 rings (SSSR count). The van der Waals surface area contributed by atoms with Gasteiger partial charge in [0, 0.05) is 6.04 Å². The number of alkyl halides is 3. The molecule has 0 atom stereocenters. The van der Waals surface area contributed by atoms with Gasteiger partial charge in [0.05, 0.1) is 5.56 Å². The van der Waals surface area contributed by atoms with Crippen molar-refractivity contribution in [3.8, 4) is 0 Å². The lowest BCUT2D eigenvalue weighted by Crippen LogP contribution is -2.37. The quantitative estimate of drug-likeness (QED) is 0.862. The Balaban J connectivity index is 2.31. The third kappa shape index (κ3) is 3.54.